The third-order valence-electron chi connectivity index (χ3n) is 4.09. The first-order chi connectivity index (χ1) is 12.7. The van der Waals surface area contributed by atoms with Crippen LogP contribution in [0.3, 0.4) is 0 Å². The molecule has 3 rings (SSSR count). The summed E-state index contributed by atoms with van der Waals surface area (Å²) in [5, 5.41) is 8.82. The molecule has 0 aliphatic rings. The molecule has 26 heavy (non-hydrogen) atoms. The minimum Gasteiger partial charge on any atom is -0.441 e. The second-order valence-electron chi connectivity index (χ2n) is 6.04. The normalized spacial score (nSPS) is 10.3. The zero-order chi connectivity index (χ0) is 18.4. The Morgan fingerprint density at radius 2 is 1.88 bits per heavy atom. The molecular weight excluding hydrogens is 326 g/mol. The number of carbonyl (C=O) groups is 1. The Balaban J connectivity index is 1.53. The van der Waals surface area contributed by atoms with Gasteiger partial charge in [0, 0.05) is 32.0 Å². The first kappa shape index (κ1) is 17.4. The fourth-order valence-corrected chi connectivity index (χ4v) is 2.61. The molecule has 0 saturated heterocycles. The standard InChI is InChI=1S/C21H19N3O2/c1-24(15-17-9-7-16(13-22)8-10-17)21(25)12-11-20-23-14-19(26-20)18-5-3-2-4-6-18/h2-10,14H,11-12,15H2,1H3. The van der Waals surface area contributed by atoms with Crippen LogP contribution in [0.2, 0.25) is 0 Å². The Kier molecular flexibility index (Phi) is 5.45. The fourth-order valence-electron chi connectivity index (χ4n) is 2.61. The number of hydrogen-bond acceptors (Lipinski definition) is 4. The summed E-state index contributed by atoms with van der Waals surface area (Å²) >= 11 is 0. The van der Waals surface area contributed by atoms with Gasteiger partial charge >= 0.3 is 0 Å². The van der Waals surface area contributed by atoms with E-state index < -0.39 is 0 Å². The van der Waals surface area contributed by atoms with E-state index in [-0.39, 0.29) is 5.91 Å². The largest absolute Gasteiger partial charge is 0.441 e. The van der Waals surface area contributed by atoms with Gasteiger partial charge in [0.25, 0.3) is 0 Å². The number of carbonyl (C=O) groups excluding carboxylic acids is 1. The van der Waals surface area contributed by atoms with Crippen molar-refractivity contribution in [2.45, 2.75) is 19.4 Å². The Morgan fingerprint density at radius 3 is 2.58 bits per heavy atom. The molecule has 5 heteroatoms. The predicted octanol–water partition coefficient (Wildman–Crippen LogP) is 3.80. The molecule has 5 nitrogen and oxygen atoms in total. The molecule has 3 aromatic rings. The van der Waals surface area contributed by atoms with Gasteiger partial charge in [0.1, 0.15) is 0 Å². The van der Waals surface area contributed by atoms with Crippen LogP contribution in [-0.4, -0.2) is 22.8 Å². The number of benzene rings is 2. The van der Waals surface area contributed by atoms with Crippen molar-refractivity contribution >= 4 is 5.91 Å². The predicted molar refractivity (Wildman–Crippen MR) is 97.9 cm³/mol. The molecule has 1 aromatic heterocycles. The van der Waals surface area contributed by atoms with Crippen LogP contribution in [0, 0.1) is 11.3 Å². The Morgan fingerprint density at radius 1 is 1.15 bits per heavy atom. The number of oxazole rings is 1. The average molecular weight is 345 g/mol. The molecule has 0 unspecified atom stereocenters. The van der Waals surface area contributed by atoms with Crippen molar-refractivity contribution in [2.75, 3.05) is 7.05 Å². The number of rotatable bonds is 6. The van der Waals surface area contributed by atoms with Gasteiger partial charge in [-0.2, -0.15) is 5.26 Å². The van der Waals surface area contributed by atoms with Crippen LogP contribution in [0.5, 0.6) is 0 Å². The number of aromatic nitrogens is 1. The van der Waals surface area contributed by atoms with E-state index in [1.165, 1.54) is 0 Å². The van der Waals surface area contributed by atoms with Crippen LogP contribution in [0.25, 0.3) is 11.3 Å². The maximum atomic E-state index is 12.3. The van der Waals surface area contributed by atoms with Crippen LogP contribution in [0.1, 0.15) is 23.4 Å². The van der Waals surface area contributed by atoms with Gasteiger partial charge in [-0.15, -0.1) is 0 Å². The van der Waals surface area contributed by atoms with E-state index in [1.807, 2.05) is 42.5 Å². The molecule has 1 heterocycles. The van der Waals surface area contributed by atoms with E-state index in [2.05, 4.69) is 11.1 Å². The molecule has 0 atom stereocenters. The van der Waals surface area contributed by atoms with Crippen molar-refractivity contribution in [1.82, 2.24) is 9.88 Å². The Bertz CT molecular complexity index is 908. The van der Waals surface area contributed by atoms with E-state index in [1.54, 1.807) is 30.3 Å². The third kappa shape index (κ3) is 4.37. The number of amides is 1. The fraction of sp³-hybridized carbons (Fsp3) is 0.190. The summed E-state index contributed by atoms with van der Waals surface area (Å²) in [4.78, 5) is 18.3. The molecule has 130 valence electrons. The van der Waals surface area contributed by atoms with Gasteiger partial charge in [-0.1, -0.05) is 42.5 Å². The van der Waals surface area contributed by atoms with Crippen molar-refractivity contribution in [3.8, 4) is 17.4 Å². The number of aryl methyl sites for hydroxylation is 1. The topological polar surface area (TPSA) is 70.1 Å². The van der Waals surface area contributed by atoms with E-state index in [4.69, 9.17) is 9.68 Å². The van der Waals surface area contributed by atoms with Gasteiger partial charge in [0.15, 0.2) is 11.7 Å². The number of nitriles is 1. The van der Waals surface area contributed by atoms with Crippen molar-refractivity contribution in [3.63, 3.8) is 0 Å². The van der Waals surface area contributed by atoms with Crippen LogP contribution in [0.15, 0.2) is 65.2 Å². The smallest absolute Gasteiger partial charge is 0.223 e. The maximum Gasteiger partial charge on any atom is 0.223 e. The summed E-state index contributed by atoms with van der Waals surface area (Å²) < 4.78 is 5.73. The molecule has 0 saturated carbocycles. The Labute approximate surface area is 152 Å². The molecule has 0 fully saturated rings. The third-order valence-corrected chi connectivity index (χ3v) is 4.09. The van der Waals surface area contributed by atoms with E-state index in [0.29, 0.717) is 36.6 Å². The molecular formula is C21H19N3O2. The molecule has 0 N–H and O–H groups in total. The second-order valence-corrected chi connectivity index (χ2v) is 6.04. The summed E-state index contributed by atoms with van der Waals surface area (Å²) in [7, 11) is 1.77. The van der Waals surface area contributed by atoms with Crippen LogP contribution >= 0.6 is 0 Å². The molecule has 0 aliphatic heterocycles. The minimum atomic E-state index is 0.0221. The van der Waals surface area contributed by atoms with Crippen molar-refractivity contribution in [3.05, 3.63) is 77.8 Å². The van der Waals surface area contributed by atoms with Crippen molar-refractivity contribution < 1.29 is 9.21 Å². The van der Waals surface area contributed by atoms with Crippen LogP contribution in [-0.2, 0) is 17.8 Å². The zero-order valence-corrected chi connectivity index (χ0v) is 14.6. The monoisotopic (exact) mass is 345 g/mol. The summed E-state index contributed by atoms with van der Waals surface area (Å²) in [6, 6.07) is 19.1. The van der Waals surface area contributed by atoms with Gasteiger partial charge in [-0.3, -0.25) is 4.79 Å². The van der Waals surface area contributed by atoms with Crippen LogP contribution in [0.4, 0.5) is 0 Å². The van der Waals surface area contributed by atoms with E-state index in [0.717, 1.165) is 11.1 Å². The van der Waals surface area contributed by atoms with Gasteiger partial charge in [-0.25, -0.2) is 4.98 Å². The lowest BCUT2D eigenvalue weighted by atomic mass is 10.1. The van der Waals surface area contributed by atoms with Crippen LogP contribution < -0.4 is 0 Å². The minimum absolute atomic E-state index is 0.0221. The summed E-state index contributed by atoms with van der Waals surface area (Å²) in [6.45, 7) is 0.505. The number of nitrogens with zero attached hydrogens (tertiary/aromatic N) is 3. The zero-order valence-electron chi connectivity index (χ0n) is 14.6. The molecule has 1 amide bonds. The van der Waals surface area contributed by atoms with Crippen molar-refractivity contribution in [2.24, 2.45) is 0 Å². The van der Waals surface area contributed by atoms with E-state index in [9.17, 15) is 4.79 Å². The lowest BCUT2D eigenvalue weighted by Gasteiger charge is -2.17. The van der Waals surface area contributed by atoms with Gasteiger partial charge in [-0.05, 0) is 17.7 Å². The average Bonchev–Trinajstić information content (AvgIpc) is 3.16. The SMILES string of the molecule is CN(Cc1ccc(C#N)cc1)C(=O)CCc1ncc(-c2ccccc2)o1. The summed E-state index contributed by atoms with van der Waals surface area (Å²) in [5.74, 6) is 1.29. The summed E-state index contributed by atoms with van der Waals surface area (Å²) in [5.41, 5.74) is 2.57. The molecule has 0 bridgehead atoms. The van der Waals surface area contributed by atoms with Gasteiger partial charge < -0.3 is 9.32 Å². The highest BCUT2D eigenvalue weighted by Gasteiger charge is 2.12. The second kappa shape index (κ2) is 8.13. The Hall–Kier alpha value is -3.39. The highest BCUT2D eigenvalue weighted by Crippen LogP contribution is 2.20. The lowest BCUT2D eigenvalue weighted by molar-refractivity contribution is -0.130. The maximum absolute atomic E-state index is 12.3. The molecule has 2 aromatic carbocycles. The first-order valence-electron chi connectivity index (χ1n) is 8.39. The lowest BCUT2D eigenvalue weighted by Crippen LogP contribution is -2.26. The quantitative estimate of drug-likeness (QED) is 0.681. The van der Waals surface area contributed by atoms with E-state index >= 15 is 0 Å². The molecule has 0 spiro atoms. The molecule has 0 radical (unpaired) electrons. The summed E-state index contributed by atoms with van der Waals surface area (Å²) in [6.07, 6.45) is 2.49. The van der Waals surface area contributed by atoms with Gasteiger partial charge in [0.05, 0.1) is 17.8 Å². The van der Waals surface area contributed by atoms with Crippen molar-refractivity contribution in [1.29, 1.82) is 5.26 Å². The highest BCUT2D eigenvalue weighted by atomic mass is 16.4. The highest BCUT2D eigenvalue weighted by molar-refractivity contribution is 5.76. The number of hydrogen-bond donors (Lipinski definition) is 0. The first-order valence-corrected chi connectivity index (χ1v) is 8.39. The van der Waals surface area contributed by atoms with Gasteiger partial charge in [0.2, 0.25) is 5.91 Å². The molecule has 0 aliphatic carbocycles.